The van der Waals surface area contributed by atoms with Gasteiger partial charge in [-0.1, -0.05) is 36.4 Å². The fourth-order valence-electron chi connectivity index (χ4n) is 2.12. The number of hydrogen-bond donors (Lipinski definition) is 0. The van der Waals surface area contributed by atoms with Crippen molar-refractivity contribution in [2.45, 2.75) is 6.18 Å². The molecule has 0 heterocycles. The zero-order chi connectivity index (χ0) is 17.0. The van der Waals surface area contributed by atoms with Crippen molar-refractivity contribution in [1.29, 1.82) is 0 Å². The van der Waals surface area contributed by atoms with Gasteiger partial charge in [0.25, 0.3) is 0 Å². The highest BCUT2D eigenvalue weighted by Gasteiger charge is 2.35. The van der Waals surface area contributed by atoms with E-state index < -0.39 is 11.7 Å². The Balaban J connectivity index is 1.92. The van der Waals surface area contributed by atoms with Gasteiger partial charge in [0, 0.05) is 0 Å². The topological polar surface area (TPSA) is 18.5 Å². The molecule has 3 aromatic rings. The monoisotopic (exact) mass is 330 g/mol. The maximum Gasteiger partial charge on any atom is 0.420 e. The molecule has 0 N–H and O–H groups in total. The summed E-state index contributed by atoms with van der Waals surface area (Å²) in [6.45, 7) is 0. The molecule has 2 nitrogen and oxygen atoms in total. The van der Waals surface area contributed by atoms with Crippen LogP contribution in [0.4, 0.5) is 13.2 Å². The van der Waals surface area contributed by atoms with Crippen molar-refractivity contribution in [3.63, 3.8) is 0 Å². The summed E-state index contributed by atoms with van der Waals surface area (Å²) in [5.41, 5.74) is -0.889. The summed E-state index contributed by atoms with van der Waals surface area (Å²) in [4.78, 5) is 0. The Bertz CT molecular complexity index is 800. The van der Waals surface area contributed by atoms with Gasteiger partial charge in [0.2, 0.25) is 0 Å². The van der Waals surface area contributed by atoms with Gasteiger partial charge in [0.05, 0.1) is 0 Å². The largest absolute Gasteiger partial charge is 0.457 e. The normalized spacial score (nSPS) is 11.1. The molecular formula is C19H13F3O2. The lowest BCUT2D eigenvalue weighted by molar-refractivity contribution is -0.138. The second-order valence-electron chi connectivity index (χ2n) is 4.99. The minimum absolute atomic E-state index is 0.0916. The van der Waals surface area contributed by atoms with Gasteiger partial charge < -0.3 is 9.47 Å². The van der Waals surface area contributed by atoms with Crippen molar-refractivity contribution in [2.75, 3.05) is 0 Å². The maximum absolute atomic E-state index is 13.3. The number of hydrogen-bond acceptors (Lipinski definition) is 2. The van der Waals surface area contributed by atoms with Crippen LogP contribution in [0, 0.1) is 0 Å². The van der Waals surface area contributed by atoms with Gasteiger partial charge in [-0.15, -0.1) is 0 Å². The van der Waals surface area contributed by atoms with Gasteiger partial charge in [0.1, 0.15) is 28.6 Å². The quantitative estimate of drug-likeness (QED) is 0.559. The lowest BCUT2D eigenvalue weighted by Gasteiger charge is -2.15. The predicted molar refractivity (Wildman–Crippen MR) is 84.5 cm³/mol. The first kappa shape index (κ1) is 15.9. The molecule has 0 aromatic heterocycles. The molecule has 122 valence electrons. The fraction of sp³-hybridized carbons (Fsp3) is 0.0526. The number of ether oxygens (including phenoxy) is 2. The van der Waals surface area contributed by atoms with Gasteiger partial charge in [0.15, 0.2) is 0 Å². The number of alkyl halides is 3. The van der Waals surface area contributed by atoms with Gasteiger partial charge in [-0.3, -0.25) is 0 Å². The molecule has 0 aliphatic heterocycles. The second-order valence-corrected chi connectivity index (χ2v) is 4.99. The molecule has 0 amide bonds. The van der Waals surface area contributed by atoms with Crippen LogP contribution in [0.1, 0.15) is 5.56 Å². The Morgan fingerprint density at radius 3 is 1.67 bits per heavy atom. The van der Waals surface area contributed by atoms with E-state index in [4.69, 9.17) is 9.47 Å². The number of rotatable bonds is 4. The standard InChI is InChI=1S/C19H13F3O2/c20-19(21,22)17-13-16(23-14-7-3-1-4-8-14)11-12-18(17)24-15-9-5-2-6-10-15/h1-13H. The van der Waals surface area contributed by atoms with E-state index in [-0.39, 0.29) is 11.5 Å². The van der Waals surface area contributed by atoms with Crippen LogP contribution >= 0.6 is 0 Å². The Kier molecular flexibility index (Phi) is 4.42. The molecule has 0 aliphatic carbocycles. The zero-order valence-corrected chi connectivity index (χ0v) is 12.5. The van der Waals surface area contributed by atoms with Crippen LogP contribution in [-0.4, -0.2) is 0 Å². The average Bonchev–Trinajstić information content (AvgIpc) is 2.57. The van der Waals surface area contributed by atoms with Gasteiger partial charge in [-0.25, -0.2) is 0 Å². The molecule has 0 unspecified atom stereocenters. The summed E-state index contributed by atoms with van der Waals surface area (Å²) in [5, 5.41) is 0. The molecule has 0 bridgehead atoms. The minimum Gasteiger partial charge on any atom is -0.457 e. The summed E-state index contributed by atoms with van der Waals surface area (Å²) in [5.74, 6) is 0.616. The summed E-state index contributed by atoms with van der Waals surface area (Å²) in [6.07, 6.45) is -4.56. The third kappa shape index (κ3) is 3.87. The molecule has 0 saturated heterocycles. The predicted octanol–water partition coefficient (Wildman–Crippen LogP) is 6.29. The third-order valence-corrected chi connectivity index (χ3v) is 3.21. The molecule has 0 saturated carbocycles. The molecule has 0 radical (unpaired) electrons. The average molecular weight is 330 g/mol. The summed E-state index contributed by atoms with van der Waals surface area (Å²) >= 11 is 0. The van der Waals surface area contributed by atoms with Crippen molar-refractivity contribution in [1.82, 2.24) is 0 Å². The van der Waals surface area contributed by atoms with Crippen LogP contribution in [0.25, 0.3) is 0 Å². The van der Waals surface area contributed by atoms with Crippen LogP contribution in [-0.2, 0) is 6.18 Å². The van der Waals surface area contributed by atoms with Crippen LogP contribution in [0.3, 0.4) is 0 Å². The molecule has 0 fully saturated rings. The van der Waals surface area contributed by atoms with Crippen molar-refractivity contribution >= 4 is 0 Å². The molecule has 3 rings (SSSR count). The van der Waals surface area contributed by atoms with E-state index in [0.717, 1.165) is 6.07 Å². The molecule has 0 atom stereocenters. The van der Waals surface area contributed by atoms with Crippen LogP contribution in [0.15, 0.2) is 78.9 Å². The summed E-state index contributed by atoms with van der Waals surface area (Å²) in [6, 6.07) is 20.6. The molecular weight excluding hydrogens is 317 g/mol. The highest BCUT2D eigenvalue weighted by atomic mass is 19.4. The first-order valence-electron chi connectivity index (χ1n) is 7.19. The van der Waals surface area contributed by atoms with E-state index in [1.165, 1.54) is 12.1 Å². The van der Waals surface area contributed by atoms with Crippen molar-refractivity contribution < 1.29 is 22.6 Å². The van der Waals surface area contributed by atoms with Gasteiger partial charge in [-0.05, 0) is 42.5 Å². The van der Waals surface area contributed by atoms with E-state index in [0.29, 0.717) is 11.5 Å². The van der Waals surface area contributed by atoms with Gasteiger partial charge in [-0.2, -0.15) is 13.2 Å². The van der Waals surface area contributed by atoms with Crippen LogP contribution < -0.4 is 9.47 Å². The highest BCUT2D eigenvalue weighted by Crippen LogP contribution is 2.40. The Hall–Kier alpha value is -2.95. The molecule has 0 aliphatic rings. The number of halogens is 3. The second kappa shape index (κ2) is 6.66. The van der Waals surface area contributed by atoms with Crippen LogP contribution in [0.2, 0.25) is 0 Å². The smallest absolute Gasteiger partial charge is 0.420 e. The first-order chi connectivity index (χ1) is 11.5. The lowest BCUT2D eigenvalue weighted by Crippen LogP contribution is -2.07. The molecule has 5 heteroatoms. The first-order valence-corrected chi connectivity index (χ1v) is 7.19. The van der Waals surface area contributed by atoms with Crippen molar-refractivity contribution in [3.05, 3.63) is 84.4 Å². The van der Waals surface area contributed by atoms with Crippen LogP contribution in [0.5, 0.6) is 23.0 Å². The van der Waals surface area contributed by atoms with E-state index in [9.17, 15) is 13.2 Å². The minimum atomic E-state index is -4.56. The van der Waals surface area contributed by atoms with Crippen molar-refractivity contribution in [3.8, 4) is 23.0 Å². The SMILES string of the molecule is FC(F)(F)c1cc(Oc2ccccc2)ccc1Oc1ccccc1. The van der Waals surface area contributed by atoms with Crippen molar-refractivity contribution in [2.24, 2.45) is 0 Å². The summed E-state index contributed by atoms with van der Waals surface area (Å²) in [7, 11) is 0. The highest BCUT2D eigenvalue weighted by molar-refractivity contribution is 5.45. The molecule has 24 heavy (non-hydrogen) atoms. The Labute approximate surface area is 137 Å². The van der Waals surface area contributed by atoms with E-state index in [1.54, 1.807) is 60.7 Å². The van der Waals surface area contributed by atoms with E-state index in [1.807, 2.05) is 0 Å². The number of para-hydroxylation sites is 2. The molecule has 3 aromatic carbocycles. The lowest BCUT2D eigenvalue weighted by atomic mass is 10.1. The maximum atomic E-state index is 13.3. The Morgan fingerprint density at radius 2 is 1.12 bits per heavy atom. The van der Waals surface area contributed by atoms with Gasteiger partial charge >= 0.3 is 6.18 Å². The summed E-state index contributed by atoms with van der Waals surface area (Å²) < 4.78 is 50.8. The Morgan fingerprint density at radius 1 is 0.583 bits per heavy atom. The van der Waals surface area contributed by atoms with E-state index in [2.05, 4.69) is 0 Å². The third-order valence-electron chi connectivity index (χ3n) is 3.21. The zero-order valence-electron chi connectivity index (χ0n) is 12.5. The molecule has 0 spiro atoms. The fourth-order valence-corrected chi connectivity index (χ4v) is 2.12. The number of benzene rings is 3. The van der Waals surface area contributed by atoms with E-state index >= 15 is 0 Å².